The van der Waals surface area contributed by atoms with Gasteiger partial charge in [0.1, 0.15) is 23.1 Å². The lowest BCUT2D eigenvalue weighted by molar-refractivity contribution is -0.115. The van der Waals surface area contributed by atoms with Gasteiger partial charge >= 0.3 is 6.18 Å². The zero-order valence-electron chi connectivity index (χ0n) is 21.1. The van der Waals surface area contributed by atoms with E-state index in [1.807, 2.05) is 25.5 Å². The molecule has 40 heavy (non-hydrogen) atoms. The number of aromatic nitrogens is 3. The molecule has 0 spiro atoms. The van der Waals surface area contributed by atoms with E-state index in [1.165, 1.54) is 24.4 Å². The van der Waals surface area contributed by atoms with Crippen LogP contribution in [0.2, 0.25) is 0 Å². The predicted octanol–water partition coefficient (Wildman–Crippen LogP) is 6.76. The largest absolute Gasteiger partial charge is 0.405 e. The van der Waals surface area contributed by atoms with Crippen molar-refractivity contribution in [3.05, 3.63) is 71.1 Å². The summed E-state index contributed by atoms with van der Waals surface area (Å²) in [5.41, 5.74) is -1.05. The molecule has 2 aromatic carbocycles. The molecule has 0 bridgehead atoms. The number of alkyl halides is 3. The van der Waals surface area contributed by atoms with Gasteiger partial charge < -0.3 is 5.32 Å². The Morgan fingerprint density at radius 3 is 2.38 bits per heavy atom. The van der Waals surface area contributed by atoms with Crippen LogP contribution < -0.4 is 10.0 Å². The van der Waals surface area contributed by atoms with Gasteiger partial charge in [-0.25, -0.2) is 36.5 Å². The summed E-state index contributed by atoms with van der Waals surface area (Å²) >= 11 is 1.13. The third-order valence-corrected chi connectivity index (χ3v) is 8.17. The van der Waals surface area contributed by atoms with Crippen molar-refractivity contribution in [2.24, 2.45) is 0 Å². The van der Waals surface area contributed by atoms with Gasteiger partial charge in [-0.1, -0.05) is 26.8 Å². The van der Waals surface area contributed by atoms with E-state index in [9.17, 15) is 30.4 Å². The van der Waals surface area contributed by atoms with Crippen LogP contribution in [-0.4, -0.2) is 36.1 Å². The highest BCUT2D eigenvalue weighted by molar-refractivity contribution is 7.92. The number of nitrogens with one attached hydrogen (secondary N) is 2. The fourth-order valence-corrected chi connectivity index (χ4v) is 5.68. The summed E-state index contributed by atoms with van der Waals surface area (Å²) in [5.74, 6) is -3.63. The Morgan fingerprint density at radius 1 is 0.975 bits per heavy atom. The second kappa shape index (κ2) is 10.7. The molecule has 15 heteroatoms. The number of thiazole rings is 1. The quantitative estimate of drug-likeness (QED) is 0.227. The molecule has 0 aliphatic heterocycles. The second-order valence-corrected chi connectivity index (χ2v) is 12.2. The van der Waals surface area contributed by atoms with Gasteiger partial charge in [-0.2, -0.15) is 13.2 Å². The monoisotopic (exact) mass is 601 g/mol. The molecule has 0 fully saturated rings. The maximum absolute atomic E-state index is 15.8. The van der Waals surface area contributed by atoms with Crippen molar-refractivity contribution in [1.29, 1.82) is 0 Å². The van der Waals surface area contributed by atoms with Gasteiger partial charge in [0.05, 0.1) is 27.0 Å². The topological polar surface area (TPSA) is 96.9 Å². The van der Waals surface area contributed by atoms with Crippen LogP contribution in [0, 0.1) is 17.5 Å². The Kier molecular flexibility index (Phi) is 7.82. The SMILES string of the molecule is CC(C)(C)c1nc(-c2cccc(NS(=O)(=O)c3cc(F)ccc3F)c2F)c(-c2ccnc(NCC(F)(F)F)n2)s1. The smallest absolute Gasteiger partial charge is 0.345 e. The number of sulfonamides is 1. The Labute approximate surface area is 229 Å². The first kappa shape index (κ1) is 29.3. The Balaban J connectivity index is 1.80. The van der Waals surface area contributed by atoms with Crippen LogP contribution in [0.1, 0.15) is 25.8 Å². The summed E-state index contributed by atoms with van der Waals surface area (Å²) in [7, 11) is -4.74. The normalized spacial score (nSPS) is 12.4. The molecular formula is C25H21F6N5O2S2. The highest BCUT2D eigenvalue weighted by Gasteiger charge is 2.29. The van der Waals surface area contributed by atoms with Crippen molar-refractivity contribution in [3.8, 4) is 21.8 Å². The van der Waals surface area contributed by atoms with Gasteiger partial charge in [-0.15, -0.1) is 11.3 Å². The predicted molar refractivity (Wildman–Crippen MR) is 139 cm³/mol. The Morgan fingerprint density at radius 2 is 1.70 bits per heavy atom. The third kappa shape index (κ3) is 6.53. The van der Waals surface area contributed by atoms with E-state index in [1.54, 1.807) is 0 Å². The van der Waals surface area contributed by atoms with E-state index in [0.717, 1.165) is 23.5 Å². The number of nitrogens with zero attached hydrogens (tertiary/aromatic N) is 3. The van der Waals surface area contributed by atoms with E-state index in [4.69, 9.17) is 0 Å². The Hall–Kier alpha value is -3.72. The number of rotatable bonds is 7. The maximum Gasteiger partial charge on any atom is 0.405 e. The fourth-order valence-electron chi connectivity index (χ4n) is 3.42. The number of benzene rings is 2. The highest BCUT2D eigenvalue weighted by Crippen LogP contribution is 2.42. The van der Waals surface area contributed by atoms with Crippen molar-refractivity contribution in [3.63, 3.8) is 0 Å². The minimum atomic E-state index is -4.74. The van der Waals surface area contributed by atoms with Crippen LogP contribution in [0.4, 0.5) is 38.0 Å². The summed E-state index contributed by atoms with van der Waals surface area (Å²) in [4.78, 5) is 11.8. The molecule has 4 aromatic rings. The lowest BCUT2D eigenvalue weighted by Crippen LogP contribution is -2.22. The average molecular weight is 602 g/mol. The molecule has 2 N–H and O–H groups in total. The number of anilines is 2. The summed E-state index contributed by atoms with van der Waals surface area (Å²) in [6, 6.07) is 7.00. The molecule has 0 radical (unpaired) electrons. The summed E-state index contributed by atoms with van der Waals surface area (Å²) in [5, 5.41) is 2.63. The van der Waals surface area contributed by atoms with E-state index >= 15 is 4.39 Å². The van der Waals surface area contributed by atoms with Crippen LogP contribution in [-0.2, 0) is 15.4 Å². The molecule has 7 nitrogen and oxygen atoms in total. The lowest BCUT2D eigenvalue weighted by atomic mass is 9.98. The first-order valence-electron chi connectivity index (χ1n) is 11.5. The van der Waals surface area contributed by atoms with Crippen LogP contribution in [0.15, 0.2) is 53.6 Å². The van der Waals surface area contributed by atoms with Gasteiger partial charge in [0, 0.05) is 17.2 Å². The highest BCUT2D eigenvalue weighted by atomic mass is 32.2. The van der Waals surface area contributed by atoms with Crippen molar-refractivity contribution < 1.29 is 34.8 Å². The molecular weight excluding hydrogens is 580 g/mol. The maximum atomic E-state index is 15.8. The van der Waals surface area contributed by atoms with Gasteiger partial charge in [-0.3, -0.25) is 4.72 Å². The molecule has 2 aromatic heterocycles. The van der Waals surface area contributed by atoms with Crippen molar-refractivity contribution >= 4 is 33.0 Å². The minimum Gasteiger partial charge on any atom is -0.345 e. The van der Waals surface area contributed by atoms with E-state index < -0.39 is 56.2 Å². The zero-order valence-corrected chi connectivity index (χ0v) is 22.7. The number of hydrogen-bond donors (Lipinski definition) is 2. The first-order valence-corrected chi connectivity index (χ1v) is 13.8. The van der Waals surface area contributed by atoms with Crippen LogP contribution in [0.25, 0.3) is 21.8 Å². The Bertz CT molecular complexity index is 1670. The van der Waals surface area contributed by atoms with E-state index in [-0.39, 0.29) is 27.8 Å². The average Bonchev–Trinajstić information content (AvgIpc) is 3.31. The van der Waals surface area contributed by atoms with Gasteiger partial charge in [0.25, 0.3) is 10.0 Å². The van der Waals surface area contributed by atoms with Crippen molar-refractivity contribution in [2.45, 2.75) is 37.3 Å². The van der Waals surface area contributed by atoms with Crippen molar-refractivity contribution in [1.82, 2.24) is 15.0 Å². The van der Waals surface area contributed by atoms with Crippen LogP contribution in [0.5, 0.6) is 0 Å². The standard InChI is InChI=1S/C25H21F6N5O2S2/c1-24(2,3)22-35-20(21(39-22)17-9-10-32-23(34-17)33-12-25(29,30)31)14-5-4-6-16(19(14)28)36-40(37,38)18-11-13(26)7-8-15(18)27/h4-11,36H,12H2,1-3H3,(H,32,33,34). The molecule has 4 rings (SSSR count). The van der Waals surface area contributed by atoms with Gasteiger partial charge in [0.2, 0.25) is 5.95 Å². The molecule has 212 valence electrons. The molecule has 0 aliphatic rings. The molecule has 0 saturated heterocycles. The lowest BCUT2D eigenvalue weighted by Gasteiger charge is -2.14. The van der Waals surface area contributed by atoms with Gasteiger partial charge in [0.15, 0.2) is 5.82 Å². The minimum absolute atomic E-state index is 0.0471. The number of halogens is 6. The molecule has 0 unspecified atom stereocenters. The third-order valence-electron chi connectivity index (χ3n) is 5.28. The van der Waals surface area contributed by atoms with Crippen LogP contribution >= 0.6 is 11.3 Å². The molecule has 0 amide bonds. The summed E-state index contributed by atoms with van der Waals surface area (Å²) < 4.78 is 109. The molecule has 0 atom stereocenters. The molecule has 2 heterocycles. The molecule has 0 saturated carbocycles. The van der Waals surface area contributed by atoms with E-state index in [0.29, 0.717) is 17.1 Å². The fraction of sp³-hybridized carbons (Fsp3) is 0.240. The van der Waals surface area contributed by atoms with Crippen LogP contribution in [0.3, 0.4) is 0 Å². The van der Waals surface area contributed by atoms with Gasteiger partial charge in [-0.05, 0) is 36.4 Å². The first-order chi connectivity index (χ1) is 18.5. The summed E-state index contributed by atoms with van der Waals surface area (Å²) in [6.07, 6.45) is -3.28. The zero-order chi connectivity index (χ0) is 29.5. The summed E-state index contributed by atoms with van der Waals surface area (Å²) in [6.45, 7) is 4.18. The second-order valence-electron chi connectivity index (χ2n) is 9.53. The molecule has 0 aliphatic carbocycles. The van der Waals surface area contributed by atoms with Crippen molar-refractivity contribution in [2.75, 3.05) is 16.6 Å². The van der Waals surface area contributed by atoms with E-state index in [2.05, 4.69) is 20.3 Å². The number of hydrogen-bond acceptors (Lipinski definition) is 7.